The largest absolute Gasteiger partial charge is 0.494 e. The molecule has 0 aliphatic rings. The average molecular weight is 262 g/mol. The van der Waals surface area contributed by atoms with Crippen molar-refractivity contribution in [1.29, 1.82) is 0 Å². The van der Waals surface area contributed by atoms with Crippen molar-refractivity contribution >= 4 is 11.3 Å². The van der Waals surface area contributed by atoms with Crippen molar-refractivity contribution in [2.24, 2.45) is 0 Å². The Morgan fingerprint density at radius 3 is 2.56 bits per heavy atom. The van der Waals surface area contributed by atoms with E-state index in [0.29, 0.717) is 6.61 Å². The zero-order valence-corrected chi connectivity index (χ0v) is 11.8. The Bertz CT molecular complexity index is 493. The molecular formula is C14H18N2OS. The summed E-state index contributed by atoms with van der Waals surface area (Å²) >= 11 is 1.69. The highest BCUT2D eigenvalue weighted by atomic mass is 32.1. The van der Waals surface area contributed by atoms with Crippen LogP contribution in [0.4, 0.5) is 0 Å². The van der Waals surface area contributed by atoms with Crippen LogP contribution in [0, 0.1) is 6.92 Å². The standard InChI is InChI=1S/C14H18N2OS/c1-4-17-12-7-5-11(6-8-12)13(15-3)14-16-10(2)9-18-14/h5-9,13,15H,4H2,1-3H3. The van der Waals surface area contributed by atoms with Gasteiger partial charge in [0, 0.05) is 11.1 Å². The van der Waals surface area contributed by atoms with Gasteiger partial charge in [-0.05, 0) is 38.6 Å². The maximum atomic E-state index is 5.45. The highest BCUT2D eigenvalue weighted by molar-refractivity contribution is 7.09. The molecule has 0 aliphatic heterocycles. The highest BCUT2D eigenvalue weighted by Gasteiger charge is 2.15. The molecule has 18 heavy (non-hydrogen) atoms. The van der Waals surface area contributed by atoms with Gasteiger partial charge in [0.25, 0.3) is 0 Å². The molecule has 0 radical (unpaired) electrons. The second kappa shape index (κ2) is 5.98. The average Bonchev–Trinajstić information content (AvgIpc) is 2.79. The van der Waals surface area contributed by atoms with Gasteiger partial charge in [-0.3, -0.25) is 0 Å². The summed E-state index contributed by atoms with van der Waals surface area (Å²) in [4.78, 5) is 4.54. The van der Waals surface area contributed by atoms with Crippen LogP contribution in [-0.4, -0.2) is 18.6 Å². The minimum absolute atomic E-state index is 0.152. The number of hydrogen-bond donors (Lipinski definition) is 1. The van der Waals surface area contributed by atoms with E-state index in [1.165, 1.54) is 5.56 Å². The third-order valence-corrected chi connectivity index (χ3v) is 3.72. The van der Waals surface area contributed by atoms with Gasteiger partial charge in [-0.15, -0.1) is 11.3 Å². The summed E-state index contributed by atoms with van der Waals surface area (Å²) < 4.78 is 5.45. The number of nitrogens with zero attached hydrogens (tertiary/aromatic N) is 1. The summed E-state index contributed by atoms with van der Waals surface area (Å²) in [6.45, 7) is 4.70. The molecule has 2 aromatic rings. The molecule has 3 nitrogen and oxygen atoms in total. The zero-order chi connectivity index (χ0) is 13.0. The second-order valence-electron chi connectivity index (χ2n) is 4.05. The molecule has 0 aliphatic carbocycles. The van der Waals surface area contributed by atoms with Gasteiger partial charge in [-0.1, -0.05) is 12.1 Å². The number of aromatic nitrogens is 1. The van der Waals surface area contributed by atoms with Crippen LogP contribution in [-0.2, 0) is 0 Å². The van der Waals surface area contributed by atoms with Gasteiger partial charge in [-0.25, -0.2) is 4.98 Å². The summed E-state index contributed by atoms with van der Waals surface area (Å²) in [5.41, 5.74) is 2.27. The Morgan fingerprint density at radius 2 is 2.06 bits per heavy atom. The van der Waals surface area contributed by atoms with E-state index < -0.39 is 0 Å². The Morgan fingerprint density at radius 1 is 1.33 bits per heavy atom. The third-order valence-electron chi connectivity index (χ3n) is 2.70. The van der Waals surface area contributed by atoms with Crippen LogP contribution in [0.5, 0.6) is 5.75 Å². The van der Waals surface area contributed by atoms with Crippen LogP contribution in [0.3, 0.4) is 0 Å². The van der Waals surface area contributed by atoms with Crippen molar-refractivity contribution in [1.82, 2.24) is 10.3 Å². The van der Waals surface area contributed by atoms with Crippen molar-refractivity contribution in [2.75, 3.05) is 13.7 Å². The molecule has 0 saturated carbocycles. The predicted octanol–water partition coefficient (Wildman–Crippen LogP) is 3.16. The molecule has 0 amide bonds. The Hall–Kier alpha value is -1.39. The number of rotatable bonds is 5. The molecule has 1 atom stereocenters. The van der Waals surface area contributed by atoms with Crippen molar-refractivity contribution in [3.63, 3.8) is 0 Å². The molecule has 1 unspecified atom stereocenters. The van der Waals surface area contributed by atoms with Crippen molar-refractivity contribution < 1.29 is 4.74 Å². The molecule has 0 spiro atoms. The predicted molar refractivity (Wildman–Crippen MR) is 75.4 cm³/mol. The van der Waals surface area contributed by atoms with Gasteiger partial charge in [0.1, 0.15) is 10.8 Å². The summed E-state index contributed by atoms with van der Waals surface area (Å²) in [5, 5.41) is 6.48. The smallest absolute Gasteiger partial charge is 0.119 e. The number of aryl methyl sites for hydroxylation is 1. The van der Waals surface area contributed by atoms with E-state index in [1.807, 2.05) is 33.0 Å². The number of thiazole rings is 1. The van der Waals surface area contributed by atoms with Gasteiger partial charge in [0.05, 0.1) is 12.6 Å². The van der Waals surface area contributed by atoms with E-state index in [2.05, 4.69) is 27.8 Å². The van der Waals surface area contributed by atoms with E-state index in [1.54, 1.807) is 11.3 Å². The third kappa shape index (κ3) is 2.89. The van der Waals surface area contributed by atoms with Gasteiger partial charge in [0.15, 0.2) is 0 Å². The molecular weight excluding hydrogens is 244 g/mol. The normalized spacial score (nSPS) is 12.4. The lowest BCUT2D eigenvalue weighted by atomic mass is 10.1. The van der Waals surface area contributed by atoms with Gasteiger partial charge in [-0.2, -0.15) is 0 Å². The molecule has 2 rings (SSSR count). The first kappa shape index (κ1) is 13.1. The number of hydrogen-bond acceptors (Lipinski definition) is 4. The quantitative estimate of drug-likeness (QED) is 0.898. The van der Waals surface area contributed by atoms with Crippen molar-refractivity contribution in [3.8, 4) is 5.75 Å². The van der Waals surface area contributed by atoms with Crippen molar-refractivity contribution in [2.45, 2.75) is 19.9 Å². The van der Waals surface area contributed by atoms with E-state index in [-0.39, 0.29) is 6.04 Å². The fourth-order valence-corrected chi connectivity index (χ4v) is 2.79. The Balaban J connectivity index is 2.22. The topological polar surface area (TPSA) is 34.1 Å². The summed E-state index contributed by atoms with van der Waals surface area (Å²) in [7, 11) is 1.96. The van der Waals surface area contributed by atoms with Crippen LogP contribution in [0.25, 0.3) is 0 Å². The number of ether oxygens (including phenoxy) is 1. The van der Waals surface area contributed by atoms with Gasteiger partial charge in [0.2, 0.25) is 0 Å². The van der Waals surface area contributed by atoms with Crippen LogP contribution in [0.1, 0.15) is 29.2 Å². The zero-order valence-electron chi connectivity index (χ0n) is 10.9. The molecule has 1 aromatic heterocycles. The van der Waals surface area contributed by atoms with E-state index >= 15 is 0 Å². The van der Waals surface area contributed by atoms with Crippen LogP contribution in [0.15, 0.2) is 29.6 Å². The summed E-state index contributed by atoms with van der Waals surface area (Å²) in [6.07, 6.45) is 0. The molecule has 1 heterocycles. The van der Waals surface area contributed by atoms with E-state index in [4.69, 9.17) is 4.74 Å². The Kier molecular flexibility index (Phi) is 4.33. The number of benzene rings is 1. The van der Waals surface area contributed by atoms with Crippen LogP contribution < -0.4 is 10.1 Å². The van der Waals surface area contributed by atoms with Gasteiger partial charge >= 0.3 is 0 Å². The molecule has 1 N–H and O–H groups in total. The molecule has 0 bridgehead atoms. The minimum atomic E-state index is 0.152. The first-order valence-electron chi connectivity index (χ1n) is 6.06. The molecule has 1 aromatic carbocycles. The number of nitrogens with one attached hydrogen (secondary N) is 1. The van der Waals surface area contributed by atoms with Crippen molar-refractivity contribution in [3.05, 3.63) is 45.9 Å². The fourth-order valence-electron chi connectivity index (χ4n) is 1.86. The minimum Gasteiger partial charge on any atom is -0.494 e. The lowest BCUT2D eigenvalue weighted by Crippen LogP contribution is -2.17. The molecule has 0 fully saturated rings. The first-order valence-corrected chi connectivity index (χ1v) is 6.94. The molecule has 0 saturated heterocycles. The Labute approximate surface area is 112 Å². The van der Waals surface area contributed by atoms with Gasteiger partial charge < -0.3 is 10.1 Å². The lowest BCUT2D eigenvalue weighted by Gasteiger charge is -2.14. The summed E-state index contributed by atoms with van der Waals surface area (Å²) in [6, 6.07) is 8.33. The monoisotopic (exact) mass is 262 g/mol. The SMILES string of the molecule is CCOc1ccc(C(NC)c2nc(C)cs2)cc1. The maximum Gasteiger partial charge on any atom is 0.119 e. The maximum absolute atomic E-state index is 5.45. The van der Waals surface area contributed by atoms with E-state index in [9.17, 15) is 0 Å². The second-order valence-corrected chi connectivity index (χ2v) is 4.94. The van der Waals surface area contributed by atoms with Crippen LogP contribution >= 0.6 is 11.3 Å². The first-order chi connectivity index (χ1) is 8.74. The summed E-state index contributed by atoms with van der Waals surface area (Å²) in [5.74, 6) is 0.909. The van der Waals surface area contributed by atoms with Crippen LogP contribution in [0.2, 0.25) is 0 Å². The fraction of sp³-hybridized carbons (Fsp3) is 0.357. The molecule has 4 heteroatoms. The molecule has 96 valence electrons. The lowest BCUT2D eigenvalue weighted by molar-refractivity contribution is 0.340. The highest BCUT2D eigenvalue weighted by Crippen LogP contribution is 2.26. The van der Waals surface area contributed by atoms with E-state index in [0.717, 1.165) is 16.5 Å².